The minimum atomic E-state index is -1.70. The lowest BCUT2D eigenvalue weighted by molar-refractivity contribution is -0.150. The highest BCUT2D eigenvalue weighted by atomic mass is 35.5. The topological polar surface area (TPSA) is 83.5 Å². The second-order valence-corrected chi connectivity index (χ2v) is 8.49. The van der Waals surface area contributed by atoms with Gasteiger partial charge in [-0.3, -0.25) is 9.59 Å². The number of furan rings is 1. The van der Waals surface area contributed by atoms with Gasteiger partial charge >= 0.3 is 5.97 Å². The van der Waals surface area contributed by atoms with E-state index in [1.807, 2.05) is 35.2 Å². The first-order valence-electron chi connectivity index (χ1n) is 10.4. The summed E-state index contributed by atoms with van der Waals surface area (Å²) in [5.74, 6) is -1.50. The van der Waals surface area contributed by atoms with E-state index in [-0.39, 0.29) is 5.78 Å². The summed E-state index contributed by atoms with van der Waals surface area (Å²) >= 11 is 6.04. The van der Waals surface area contributed by atoms with Gasteiger partial charge in [-0.15, -0.1) is 0 Å². The molecule has 3 aromatic rings. The average molecular weight is 459 g/mol. The molecule has 0 amide bonds. The van der Waals surface area contributed by atoms with Crippen molar-refractivity contribution in [3.05, 3.63) is 94.9 Å². The van der Waals surface area contributed by atoms with Gasteiger partial charge in [-0.05, 0) is 48.0 Å². The van der Waals surface area contributed by atoms with Crippen molar-refractivity contribution >= 4 is 35.1 Å². The van der Waals surface area contributed by atoms with Crippen molar-refractivity contribution in [3.8, 4) is 6.07 Å². The first kappa shape index (κ1) is 21.0. The fourth-order valence-electron chi connectivity index (χ4n) is 5.10. The molecule has 1 saturated heterocycles. The monoisotopic (exact) mass is 458 g/mol. The molecule has 5 rings (SSSR count). The van der Waals surface area contributed by atoms with Crippen LogP contribution in [0.1, 0.15) is 27.6 Å². The van der Waals surface area contributed by atoms with E-state index in [0.29, 0.717) is 16.3 Å². The second-order valence-electron chi connectivity index (χ2n) is 8.05. The summed E-state index contributed by atoms with van der Waals surface area (Å²) in [6.07, 6.45) is 5.15. The summed E-state index contributed by atoms with van der Waals surface area (Å²) in [4.78, 5) is 29.2. The highest BCUT2D eigenvalue weighted by Gasteiger charge is 2.68. The second kappa shape index (κ2) is 7.95. The van der Waals surface area contributed by atoms with Gasteiger partial charge in [0.05, 0.1) is 31.4 Å². The number of ketones is 1. The molecule has 1 unspecified atom stereocenters. The summed E-state index contributed by atoms with van der Waals surface area (Å²) in [6.45, 7) is 0. The number of ether oxygens (including phenoxy) is 1. The zero-order chi connectivity index (χ0) is 23.2. The molecule has 3 heterocycles. The molecule has 2 aliphatic heterocycles. The molecule has 0 saturated carbocycles. The van der Waals surface area contributed by atoms with Crippen molar-refractivity contribution in [1.82, 2.24) is 0 Å². The molecule has 0 spiro atoms. The van der Waals surface area contributed by atoms with Crippen LogP contribution >= 0.6 is 11.6 Å². The molecule has 0 radical (unpaired) electrons. The van der Waals surface area contributed by atoms with Crippen LogP contribution in [-0.2, 0) is 9.53 Å². The number of rotatable bonds is 4. The predicted molar refractivity (Wildman–Crippen MR) is 123 cm³/mol. The van der Waals surface area contributed by atoms with Gasteiger partial charge in [-0.2, -0.15) is 5.26 Å². The van der Waals surface area contributed by atoms with Gasteiger partial charge in [0, 0.05) is 16.3 Å². The van der Waals surface area contributed by atoms with Gasteiger partial charge in [-0.25, -0.2) is 0 Å². The molecular formula is C26H19ClN2O4. The number of esters is 1. The van der Waals surface area contributed by atoms with Crippen molar-refractivity contribution in [2.45, 2.75) is 18.0 Å². The normalized spacial score (nSPS) is 25.1. The Bertz CT molecular complexity index is 1290. The average Bonchev–Trinajstić information content (AvgIpc) is 3.48. The van der Waals surface area contributed by atoms with Crippen LogP contribution in [0, 0.1) is 16.7 Å². The Labute approximate surface area is 195 Å². The van der Waals surface area contributed by atoms with Crippen LogP contribution in [0.4, 0.5) is 5.69 Å². The molecule has 2 aromatic carbocycles. The SMILES string of the molecule is COC(=O)[C@@]1(C#N)C2C=Cc3ccccc3N2[C@H](C(=O)c2ccc(Cl)cc2)[C@H]1c1ccco1. The van der Waals surface area contributed by atoms with Crippen molar-refractivity contribution < 1.29 is 18.7 Å². The largest absolute Gasteiger partial charge is 0.469 e. The number of benzene rings is 2. The Morgan fingerprint density at radius 1 is 1.12 bits per heavy atom. The highest BCUT2D eigenvalue weighted by Crippen LogP contribution is 2.56. The van der Waals surface area contributed by atoms with E-state index >= 15 is 0 Å². The van der Waals surface area contributed by atoms with Crippen molar-refractivity contribution in [2.75, 3.05) is 12.0 Å². The molecule has 33 heavy (non-hydrogen) atoms. The van der Waals surface area contributed by atoms with Crippen molar-refractivity contribution in [2.24, 2.45) is 5.41 Å². The molecular weight excluding hydrogens is 440 g/mol. The lowest BCUT2D eigenvalue weighted by Gasteiger charge is -2.36. The first-order chi connectivity index (χ1) is 16.0. The van der Waals surface area contributed by atoms with Crippen LogP contribution in [0.5, 0.6) is 0 Å². The highest BCUT2D eigenvalue weighted by molar-refractivity contribution is 6.30. The van der Waals surface area contributed by atoms with E-state index in [1.54, 1.807) is 42.5 Å². The molecule has 1 fully saturated rings. The third kappa shape index (κ3) is 3.00. The third-order valence-corrected chi connectivity index (χ3v) is 6.75. The standard InChI is InChI=1S/C26H19ClN2O4/c1-32-25(31)26(15-28)21-13-10-16-5-2-3-6-19(16)29(21)23(22(26)20-7-4-14-33-20)24(30)17-8-11-18(27)12-9-17/h2-14,21-23H,1H3/t21?,22-,23+,26+/m1/s1. The van der Waals surface area contributed by atoms with Gasteiger partial charge in [0.2, 0.25) is 0 Å². The van der Waals surface area contributed by atoms with Crippen LogP contribution in [0.3, 0.4) is 0 Å². The summed E-state index contributed by atoms with van der Waals surface area (Å²) in [6, 6.07) is 18.1. The van der Waals surface area contributed by atoms with E-state index in [4.69, 9.17) is 20.8 Å². The molecule has 6 nitrogen and oxygen atoms in total. The van der Waals surface area contributed by atoms with E-state index in [1.165, 1.54) is 13.4 Å². The molecule has 4 atom stereocenters. The van der Waals surface area contributed by atoms with Crippen molar-refractivity contribution in [1.29, 1.82) is 5.26 Å². The number of carbonyl (C=O) groups excluding carboxylic acids is 2. The minimum Gasteiger partial charge on any atom is -0.469 e. The number of nitriles is 1. The maximum atomic E-state index is 14.0. The number of Topliss-reactive ketones (excluding diaryl/α,β-unsaturated/α-hetero) is 1. The quantitative estimate of drug-likeness (QED) is 0.410. The van der Waals surface area contributed by atoms with E-state index in [9.17, 15) is 14.9 Å². The summed E-state index contributed by atoms with van der Waals surface area (Å²) < 4.78 is 10.9. The zero-order valence-electron chi connectivity index (χ0n) is 17.6. The number of nitrogens with zero attached hydrogens (tertiary/aromatic N) is 2. The maximum Gasteiger partial charge on any atom is 0.329 e. The fourth-order valence-corrected chi connectivity index (χ4v) is 5.22. The molecule has 7 heteroatoms. The molecule has 0 aliphatic carbocycles. The number of carbonyl (C=O) groups is 2. The Kier molecular flexibility index (Phi) is 5.07. The van der Waals surface area contributed by atoms with E-state index < -0.39 is 29.4 Å². The number of halogens is 1. The Balaban J connectivity index is 1.79. The fraction of sp³-hybridized carbons (Fsp3) is 0.192. The first-order valence-corrected chi connectivity index (χ1v) is 10.8. The number of anilines is 1. The van der Waals surface area contributed by atoms with Crippen LogP contribution < -0.4 is 4.90 Å². The summed E-state index contributed by atoms with van der Waals surface area (Å²) in [5, 5.41) is 11.0. The van der Waals surface area contributed by atoms with Crippen LogP contribution in [0.2, 0.25) is 5.02 Å². The molecule has 164 valence electrons. The number of hydrogen-bond acceptors (Lipinski definition) is 6. The van der Waals surface area contributed by atoms with Crippen LogP contribution in [0.25, 0.3) is 6.08 Å². The lowest BCUT2D eigenvalue weighted by Crippen LogP contribution is -2.46. The predicted octanol–water partition coefficient (Wildman–Crippen LogP) is 4.87. The Morgan fingerprint density at radius 3 is 2.55 bits per heavy atom. The van der Waals surface area contributed by atoms with Crippen LogP contribution in [-0.4, -0.2) is 30.9 Å². The van der Waals surface area contributed by atoms with E-state index in [2.05, 4.69) is 6.07 Å². The zero-order valence-corrected chi connectivity index (χ0v) is 18.4. The maximum absolute atomic E-state index is 14.0. The van der Waals surface area contributed by atoms with Crippen LogP contribution in [0.15, 0.2) is 77.4 Å². The van der Waals surface area contributed by atoms with Gasteiger partial charge in [-0.1, -0.05) is 42.0 Å². The Hall–Kier alpha value is -3.82. The molecule has 1 aromatic heterocycles. The van der Waals surface area contributed by atoms with Gasteiger partial charge in [0.1, 0.15) is 11.8 Å². The van der Waals surface area contributed by atoms with Gasteiger partial charge in [0.15, 0.2) is 11.2 Å². The minimum absolute atomic E-state index is 0.246. The number of para-hydroxylation sites is 1. The lowest BCUT2D eigenvalue weighted by atomic mass is 9.70. The van der Waals surface area contributed by atoms with E-state index in [0.717, 1.165) is 11.3 Å². The summed E-state index contributed by atoms with van der Waals surface area (Å²) in [7, 11) is 1.25. The number of hydrogen-bond donors (Lipinski definition) is 0. The molecule has 0 N–H and O–H groups in total. The molecule has 0 bridgehead atoms. The summed E-state index contributed by atoms with van der Waals surface area (Å²) in [5.41, 5.74) is 0.364. The Morgan fingerprint density at radius 2 is 1.88 bits per heavy atom. The molecule has 2 aliphatic rings. The van der Waals surface area contributed by atoms with Gasteiger partial charge < -0.3 is 14.1 Å². The number of fused-ring (bicyclic) bond motifs is 3. The van der Waals surface area contributed by atoms with Crippen molar-refractivity contribution in [3.63, 3.8) is 0 Å². The van der Waals surface area contributed by atoms with Gasteiger partial charge in [0.25, 0.3) is 0 Å². The smallest absolute Gasteiger partial charge is 0.329 e. The third-order valence-electron chi connectivity index (χ3n) is 6.50. The number of methoxy groups -OCH3 is 1.